The molecule has 0 bridgehead atoms. The van der Waals surface area contributed by atoms with Crippen LogP contribution < -0.4 is 11.1 Å². The molecule has 1 atom stereocenters. The van der Waals surface area contributed by atoms with Gasteiger partial charge in [0.05, 0.1) is 12.1 Å². The second-order valence-electron chi connectivity index (χ2n) is 3.64. The molecule has 0 aliphatic heterocycles. The number of hydrogen-bond donors (Lipinski definition) is 4. The van der Waals surface area contributed by atoms with Gasteiger partial charge >= 0.3 is 5.97 Å². The fourth-order valence-electron chi connectivity index (χ4n) is 1.33. The van der Waals surface area contributed by atoms with E-state index in [0.29, 0.717) is 6.41 Å². The van der Waals surface area contributed by atoms with Crippen LogP contribution in [0.2, 0.25) is 0 Å². The second-order valence-corrected chi connectivity index (χ2v) is 3.64. The van der Waals surface area contributed by atoms with Gasteiger partial charge in [0.25, 0.3) is 0 Å². The Morgan fingerprint density at radius 2 is 2.00 bits per heavy atom. The van der Waals surface area contributed by atoms with Crippen LogP contribution in [-0.4, -0.2) is 34.1 Å². The van der Waals surface area contributed by atoms with Crippen molar-refractivity contribution in [3.05, 3.63) is 29.8 Å². The summed E-state index contributed by atoms with van der Waals surface area (Å²) >= 11 is 0. The molecule has 0 spiro atoms. The van der Waals surface area contributed by atoms with Crippen molar-refractivity contribution in [1.82, 2.24) is 0 Å². The number of nitrogens with two attached hydrogens (primary N) is 1. The lowest BCUT2D eigenvalue weighted by molar-refractivity contribution is -0.157. The maximum atomic E-state index is 11.8. The number of aliphatic carboxylic acids is 1. The van der Waals surface area contributed by atoms with Gasteiger partial charge in [-0.15, -0.1) is 0 Å². The summed E-state index contributed by atoms with van der Waals surface area (Å²) < 4.78 is 0. The summed E-state index contributed by atoms with van der Waals surface area (Å²) in [7, 11) is 0. The van der Waals surface area contributed by atoms with Gasteiger partial charge < -0.3 is 15.5 Å². The van der Waals surface area contributed by atoms with E-state index in [1.165, 1.54) is 12.1 Å². The Labute approximate surface area is 102 Å². The fraction of sp³-hybridized carbons (Fsp3) is 0.182. The molecule has 5 N–H and O–H groups in total. The third kappa shape index (κ3) is 3.12. The number of ketones is 1. The van der Waals surface area contributed by atoms with Crippen LogP contribution in [0, 0.1) is 0 Å². The molecule has 1 aromatic carbocycles. The second kappa shape index (κ2) is 5.39. The van der Waals surface area contributed by atoms with Gasteiger partial charge in [0.15, 0.2) is 5.78 Å². The average molecular weight is 252 g/mol. The molecule has 18 heavy (non-hydrogen) atoms. The Morgan fingerprint density at radius 3 is 2.56 bits per heavy atom. The average Bonchev–Trinajstić information content (AvgIpc) is 2.29. The number of carbonyl (C=O) groups is 3. The summed E-state index contributed by atoms with van der Waals surface area (Å²) in [5.41, 5.74) is 2.73. The van der Waals surface area contributed by atoms with E-state index in [2.05, 4.69) is 5.32 Å². The van der Waals surface area contributed by atoms with Gasteiger partial charge in [0, 0.05) is 5.56 Å². The summed E-state index contributed by atoms with van der Waals surface area (Å²) in [6, 6.07) is 6.00. The summed E-state index contributed by atoms with van der Waals surface area (Å²) in [6.07, 6.45) is -0.405. The first kappa shape index (κ1) is 13.8. The van der Waals surface area contributed by atoms with Crippen LogP contribution >= 0.6 is 0 Å². The minimum absolute atomic E-state index is 0.0784. The molecule has 7 nitrogen and oxygen atoms in total. The molecule has 1 amide bonds. The highest BCUT2D eigenvalue weighted by Crippen LogP contribution is 2.18. The number of rotatable bonds is 6. The first-order valence-electron chi connectivity index (χ1n) is 4.95. The number of carbonyl (C=O) groups excluding carboxylic acids is 2. The summed E-state index contributed by atoms with van der Waals surface area (Å²) in [6.45, 7) is 0. The molecule has 0 aromatic heterocycles. The fourth-order valence-corrected chi connectivity index (χ4v) is 1.33. The van der Waals surface area contributed by atoms with Gasteiger partial charge in [-0.3, -0.25) is 15.3 Å². The van der Waals surface area contributed by atoms with E-state index in [-0.39, 0.29) is 11.3 Å². The maximum Gasteiger partial charge on any atom is 0.351 e. The van der Waals surface area contributed by atoms with Crippen LogP contribution in [-0.2, 0) is 9.59 Å². The third-order valence-corrected chi connectivity index (χ3v) is 2.24. The van der Waals surface area contributed by atoms with Gasteiger partial charge in [-0.2, -0.15) is 0 Å². The third-order valence-electron chi connectivity index (χ3n) is 2.24. The number of nitrogens with one attached hydrogen (secondary N) is 1. The standard InChI is InChI=1S/C11H12N2O5/c12-11(18,10(16)17)5-9(15)7-3-1-2-4-8(7)13-6-14/h1-4,6,18H,5,12H2,(H,13,14)(H,16,17). The van der Waals surface area contributed by atoms with Crippen molar-refractivity contribution in [2.24, 2.45) is 5.73 Å². The van der Waals surface area contributed by atoms with Crippen molar-refractivity contribution in [1.29, 1.82) is 0 Å². The van der Waals surface area contributed by atoms with Crippen molar-refractivity contribution in [2.75, 3.05) is 5.32 Å². The van der Waals surface area contributed by atoms with Gasteiger partial charge in [0.1, 0.15) is 0 Å². The molecule has 7 heteroatoms. The number of para-hydroxylation sites is 1. The van der Waals surface area contributed by atoms with Crippen molar-refractivity contribution in [2.45, 2.75) is 12.1 Å². The SMILES string of the molecule is NC(O)(CC(=O)c1ccccc1NC=O)C(=O)O. The molecule has 0 saturated carbocycles. The Balaban J connectivity index is 2.97. The highest BCUT2D eigenvalue weighted by Gasteiger charge is 2.34. The molecule has 0 fully saturated rings. The Morgan fingerprint density at radius 1 is 1.39 bits per heavy atom. The topological polar surface area (TPSA) is 130 Å². The smallest absolute Gasteiger partial charge is 0.351 e. The predicted octanol–water partition coefficient (Wildman–Crippen LogP) is -0.440. The van der Waals surface area contributed by atoms with E-state index in [4.69, 9.17) is 10.8 Å². The number of hydrogen-bond acceptors (Lipinski definition) is 5. The van der Waals surface area contributed by atoms with E-state index in [9.17, 15) is 19.5 Å². The molecule has 0 aliphatic rings. The summed E-state index contributed by atoms with van der Waals surface area (Å²) in [5, 5.41) is 20.2. The minimum Gasteiger partial charge on any atom is -0.478 e. The number of Topliss-reactive ketones (excluding diaryl/α,β-unsaturated/α-hetero) is 1. The first-order valence-corrected chi connectivity index (χ1v) is 4.95. The number of benzene rings is 1. The molecular formula is C11H12N2O5. The number of anilines is 1. The van der Waals surface area contributed by atoms with Gasteiger partial charge in [0.2, 0.25) is 12.1 Å². The number of amides is 1. The highest BCUT2D eigenvalue weighted by atomic mass is 16.4. The van der Waals surface area contributed by atoms with Crippen LogP contribution in [0.1, 0.15) is 16.8 Å². The highest BCUT2D eigenvalue weighted by molar-refractivity contribution is 6.04. The quantitative estimate of drug-likeness (QED) is 0.308. The largest absolute Gasteiger partial charge is 0.478 e. The van der Waals surface area contributed by atoms with Crippen molar-refractivity contribution in [3.8, 4) is 0 Å². The molecule has 0 saturated heterocycles. The molecule has 0 radical (unpaired) electrons. The summed E-state index contributed by atoms with van der Waals surface area (Å²) in [4.78, 5) is 32.8. The molecule has 96 valence electrons. The molecule has 1 rings (SSSR count). The zero-order valence-corrected chi connectivity index (χ0v) is 9.29. The van der Waals surface area contributed by atoms with E-state index in [0.717, 1.165) is 0 Å². The van der Waals surface area contributed by atoms with Gasteiger partial charge in [-0.25, -0.2) is 4.79 Å². The minimum atomic E-state index is -2.63. The van der Waals surface area contributed by atoms with Crippen LogP contribution in [0.5, 0.6) is 0 Å². The Kier molecular flexibility index (Phi) is 4.13. The molecule has 1 unspecified atom stereocenters. The monoisotopic (exact) mass is 252 g/mol. The van der Waals surface area contributed by atoms with E-state index < -0.39 is 23.9 Å². The molecule has 0 heterocycles. The lowest BCUT2D eigenvalue weighted by Gasteiger charge is -2.17. The first-order chi connectivity index (χ1) is 8.38. The van der Waals surface area contributed by atoms with Crippen LogP contribution in [0.4, 0.5) is 5.69 Å². The molecular weight excluding hydrogens is 240 g/mol. The number of carboxylic acid groups (broad SMARTS) is 1. The lowest BCUT2D eigenvalue weighted by atomic mass is 10.00. The lowest BCUT2D eigenvalue weighted by Crippen LogP contribution is -2.49. The van der Waals surface area contributed by atoms with Crippen LogP contribution in [0.3, 0.4) is 0 Å². The van der Waals surface area contributed by atoms with E-state index in [1.54, 1.807) is 12.1 Å². The van der Waals surface area contributed by atoms with E-state index >= 15 is 0 Å². The normalized spacial score (nSPS) is 13.4. The molecule has 1 aromatic rings. The molecule has 0 aliphatic carbocycles. The predicted molar refractivity (Wildman–Crippen MR) is 61.8 cm³/mol. The Bertz CT molecular complexity index is 484. The van der Waals surface area contributed by atoms with E-state index in [1.807, 2.05) is 0 Å². The number of carboxylic acids is 1. The zero-order valence-electron chi connectivity index (χ0n) is 9.29. The maximum absolute atomic E-state index is 11.8. The van der Waals surface area contributed by atoms with Gasteiger partial charge in [-0.1, -0.05) is 12.1 Å². The van der Waals surface area contributed by atoms with Crippen LogP contribution in [0.25, 0.3) is 0 Å². The summed E-state index contributed by atoms with van der Waals surface area (Å²) in [5.74, 6) is -2.39. The van der Waals surface area contributed by atoms with Crippen LogP contribution in [0.15, 0.2) is 24.3 Å². The van der Waals surface area contributed by atoms with Crippen molar-refractivity contribution < 1.29 is 24.6 Å². The van der Waals surface area contributed by atoms with Gasteiger partial charge in [-0.05, 0) is 12.1 Å². The zero-order chi connectivity index (χ0) is 13.8. The van der Waals surface area contributed by atoms with Crippen molar-refractivity contribution >= 4 is 23.9 Å². The Hall–Kier alpha value is -2.25. The van der Waals surface area contributed by atoms with Crippen molar-refractivity contribution in [3.63, 3.8) is 0 Å². The number of aliphatic hydroxyl groups is 1.